The molecule has 1 N–H and O–H groups in total. The summed E-state index contributed by atoms with van der Waals surface area (Å²) < 4.78 is 0. The highest BCUT2D eigenvalue weighted by Gasteiger charge is 2.31. The van der Waals surface area contributed by atoms with Crippen LogP contribution in [0.2, 0.25) is 0 Å². The molecule has 3 atom stereocenters. The van der Waals surface area contributed by atoms with E-state index in [1.165, 1.54) is 57.1 Å². The lowest BCUT2D eigenvalue weighted by Crippen LogP contribution is -2.35. The second-order valence-corrected chi connectivity index (χ2v) is 7.48. The Morgan fingerprint density at radius 2 is 1.76 bits per heavy atom. The van der Waals surface area contributed by atoms with E-state index < -0.39 is 0 Å². The summed E-state index contributed by atoms with van der Waals surface area (Å²) in [5.41, 5.74) is 2.92. The highest BCUT2D eigenvalue weighted by molar-refractivity contribution is 5.21. The molecule has 3 unspecified atom stereocenters. The summed E-state index contributed by atoms with van der Waals surface area (Å²) in [4.78, 5) is 0. The fourth-order valence-electron chi connectivity index (χ4n) is 3.95. The van der Waals surface area contributed by atoms with Gasteiger partial charge in [-0.3, -0.25) is 0 Å². The number of aryl methyl sites for hydroxylation is 1. The molecule has 2 saturated carbocycles. The first-order chi connectivity index (χ1) is 10.2. The lowest BCUT2D eigenvalue weighted by atomic mass is 9.71. The Hall–Kier alpha value is -0.820. The molecule has 1 aromatic carbocycles. The van der Waals surface area contributed by atoms with E-state index in [1.54, 1.807) is 5.56 Å². The van der Waals surface area contributed by atoms with Gasteiger partial charge in [0, 0.05) is 6.04 Å². The molecule has 1 aromatic rings. The van der Waals surface area contributed by atoms with Crippen molar-refractivity contribution < 1.29 is 0 Å². The van der Waals surface area contributed by atoms with Gasteiger partial charge in [0.2, 0.25) is 0 Å². The van der Waals surface area contributed by atoms with Crippen molar-refractivity contribution in [3.05, 3.63) is 35.4 Å². The number of benzene rings is 1. The average molecular weight is 285 g/mol. The van der Waals surface area contributed by atoms with Crippen LogP contribution < -0.4 is 5.32 Å². The van der Waals surface area contributed by atoms with Gasteiger partial charge in [-0.1, -0.05) is 49.6 Å². The van der Waals surface area contributed by atoms with Gasteiger partial charge < -0.3 is 5.32 Å². The summed E-state index contributed by atoms with van der Waals surface area (Å²) in [6, 6.07) is 10.1. The van der Waals surface area contributed by atoms with Crippen LogP contribution in [0.3, 0.4) is 0 Å². The van der Waals surface area contributed by atoms with Crippen molar-refractivity contribution in [3.63, 3.8) is 0 Å². The Kier molecular flexibility index (Phi) is 5.00. The number of nitrogens with one attached hydrogen (secondary N) is 1. The molecule has 2 aliphatic rings. The maximum absolute atomic E-state index is 3.78. The van der Waals surface area contributed by atoms with Gasteiger partial charge in [0.05, 0.1) is 0 Å². The zero-order valence-corrected chi connectivity index (χ0v) is 13.8. The molecule has 0 heterocycles. The molecular formula is C20H31N. The quantitative estimate of drug-likeness (QED) is 0.796. The molecule has 0 amide bonds. The van der Waals surface area contributed by atoms with Crippen LogP contribution in [0.25, 0.3) is 0 Å². The molecule has 116 valence electrons. The first-order valence-corrected chi connectivity index (χ1v) is 9.03. The Bertz CT molecular complexity index is 432. The smallest absolute Gasteiger partial charge is 0.00683 e. The number of hydrogen-bond acceptors (Lipinski definition) is 1. The predicted octanol–water partition coefficient (Wildman–Crippen LogP) is 4.73. The van der Waals surface area contributed by atoms with Crippen LogP contribution in [0.5, 0.6) is 0 Å². The van der Waals surface area contributed by atoms with Crippen molar-refractivity contribution in [2.45, 2.75) is 64.8 Å². The molecule has 3 rings (SSSR count). The topological polar surface area (TPSA) is 12.0 Å². The summed E-state index contributed by atoms with van der Waals surface area (Å²) in [6.45, 7) is 5.81. The zero-order valence-electron chi connectivity index (χ0n) is 13.8. The second-order valence-electron chi connectivity index (χ2n) is 7.48. The van der Waals surface area contributed by atoms with Crippen molar-refractivity contribution in [2.75, 3.05) is 6.54 Å². The van der Waals surface area contributed by atoms with Gasteiger partial charge in [-0.25, -0.2) is 0 Å². The molecule has 1 heteroatoms. The van der Waals surface area contributed by atoms with E-state index in [0.717, 1.165) is 23.8 Å². The minimum Gasteiger partial charge on any atom is -0.314 e. The monoisotopic (exact) mass is 285 g/mol. The molecule has 2 aliphatic carbocycles. The van der Waals surface area contributed by atoms with Crippen LogP contribution in [0.15, 0.2) is 24.3 Å². The lowest BCUT2D eigenvalue weighted by molar-refractivity contribution is 0.171. The van der Waals surface area contributed by atoms with E-state index in [1.807, 2.05) is 0 Å². The predicted molar refractivity (Wildman–Crippen MR) is 90.5 cm³/mol. The molecule has 21 heavy (non-hydrogen) atoms. The molecule has 0 radical (unpaired) electrons. The van der Waals surface area contributed by atoms with Gasteiger partial charge in [0.1, 0.15) is 0 Å². The van der Waals surface area contributed by atoms with Crippen molar-refractivity contribution in [3.8, 4) is 0 Å². The summed E-state index contributed by atoms with van der Waals surface area (Å²) in [5.74, 6) is 2.75. The van der Waals surface area contributed by atoms with Gasteiger partial charge in [0.25, 0.3) is 0 Å². The van der Waals surface area contributed by atoms with Crippen LogP contribution in [-0.4, -0.2) is 12.6 Å². The fourth-order valence-corrected chi connectivity index (χ4v) is 3.95. The van der Waals surface area contributed by atoms with Gasteiger partial charge in [-0.15, -0.1) is 0 Å². The van der Waals surface area contributed by atoms with E-state index in [2.05, 4.69) is 43.4 Å². The largest absolute Gasteiger partial charge is 0.314 e. The van der Waals surface area contributed by atoms with Crippen LogP contribution in [-0.2, 0) is 6.42 Å². The van der Waals surface area contributed by atoms with Crippen molar-refractivity contribution >= 4 is 0 Å². The Morgan fingerprint density at radius 3 is 2.43 bits per heavy atom. The number of hydrogen-bond donors (Lipinski definition) is 1. The minimum atomic E-state index is 0.855. The third-order valence-electron chi connectivity index (χ3n) is 5.69. The lowest BCUT2D eigenvalue weighted by Gasteiger charge is -2.36. The van der Waals surface area contributed by atoms with Gasteiger partial charge >= 0.3 is 0 Å². The molecule has 0 saturated heterocycles. The van der Waals surface area contributed by atoms with Crippen LogP contribution in [0.4, 0.5) is 0 Å². The summed E-state index contributed by atoms with van der Waals surface area (Å²) in [7, 11) is 0. The van der Waals surface area contributed by atoms with E-state index >= 15 is 0 Å². The van der Waals surface area contributed by atoms with Gasteiger partial charge in [0.15, 0.2) is 0 Å². The zero-order chi connectivity index (χ0) is 14.7. The molecule has 0 spiro atoms. The van der Waals surface area contributed by atoms with Crippen LogP contribution >= 0.6 is 0 Å². The fraction of sp³-hybridized carbons (Fsp3) is 0.700. The Balaban J connectivity index is 1.61. The highest BCUT2D eigenvalue weighted by atomic mass is 14.9. The third kappa shape index (κ3) is 4.32. The summed E-state index contributed by atoms with van der Waals surface area (Å²) >= 11 is 0. The minimum absolute atomic E-state index is 0.855. The number of rotatable bonds is 6. The molecule has 2 fully saturated rings. The van der Waals surface area contributed by atoms with Crippen LogP contribution in [0, 0.1) is 24.7 Å². The van der Waals surface area contributed by atoms with Crippen molar-refractivity contribution in [1.29, 1.82) is 0 Å². The summed E-state index contributed by atoms with van der Waals surface area (Å²) in [5, 5.41) is 3.78. The van der Waals surface area contributed by atoms with Crippen molar-refractivity contribution in [1.82, 2.24) is 5.32 Å². The molecule has 0 bridgehead atoms. The van der Waals surface area contributed by atoms with E-state index in [-0.39, 0.29) is 0 Å². The first-order valence-electron chi connectivity index (χ1n) is 9.03. The molecule has 0 aromatic heterocycles. The Morgan fingerprint density at radius 1 is 1.00 bits per heavy atom. The summed E-state index contributed by atoms with van der Waals surface area (Å²) in [6.07, 6.45) is 9.81. The van der Waals surface area contributed by atoms with E-state index in [9.17, 15) is 0 Å². The highest BCUT2D eigenvalue weighted by Crippen LogP contribution is 2.37. The van der Waals surface area contributed by atoms with Gasteiger partial charge in [-0.05, 0) is 68.9 Å². The normalized spacial score (nSPS) is 29.5. The molecular weight excluding hydrogens is 254 g/mol. The Labute approximate surface area is 130 Å². The van der Waals surface area contributed by atoms with E-state index in [0.29, 0.717) is 0 Å². The first kappa shape index (κ1) is 15.1. The van der Waals surface area contributed by atoms with Gasteiger partial charge in [-0.2, -0.15) is 0 Å². The standard InChI is InChI=1S/C20H31N/c1-3-16-8-9-18(14-21-20-10-11-20)19(12-16)13-17-6-4-15(2)5-7-17/h4-7,16,18-21H,3,8-14H2,1-2H3. The molecule has 0 aliphatic heterocycles. The van der Waals surface area contributed by atoms with Crippen molar-refractivity contribution in [2.24, 2.45) is 17.8 Å². The molecule has 1 nitrogen and oxygen atoms in total. The van der Waals surface area contributed by atoms with Crippen LogP contribution in [0.1, 0.15) is 56.6 Å². The SMILES string of the molecule is CCC1CCC(CNC2CC2)C(Cc2ccc(C)cc2)C1. The maximum atomic E-state index is 3.78. The van der Waals surface area contributed by atoms with E-state index in [4.69, 9.17) is 0 Å². The second kappa shape index (κ2) is 6.96. The third-order valence-corrected chi connectivity index (χ3v) is 5.69. The average Bonchev–Trinajstić information content (AvgIpc) is 3.32. The maximum Gasteiger partial charge on any atom is 0.00683 e.